The minimum absolute atomic E-state index is 0.0332. The van der Waals surface area contributed by atoms with Gasteiger partial charge in [0.05, 0.1) is 6.20 Å². The van der Waals surface area contributed by atoms with Gasteiger partial charge in [0.2, 0.25) is 5.95 Å². The second kappa shape index (κ2) is 9.57. The van der Waals surface area contributed by atoms with Gasteiger partial charge in [0.15, 0.2) is 5.82 Å². The van der Waals surface area contributed by atoms with Gasteiger partial charge in [-0.2, -0.15) is 10.1 Å². The number of benzene rings is 2. The fraction of sp³-hybridized carbons (Fsp3) is 0.385. The Morgan fingerprint density at radius 3 is 2.48 bits per heavy atom. The molecule has 0 aliphatic carbocycles. The van der Waals surface area contributed by atoms with Gasteiger partial charge in [-0.25, -0.2) is 0 Å². The Morgan fingerprint density at radius 1 is 1.06 bits per heavy atom. The summed E-state index contributed by atoms with van der Waals surface area (Å²) >= 11 is 0. The zero-order chi connectivity index (χ0) is 23.4. The summed E-state index contributed by atoms with van der Waals surface area (Å²) in [5.41, 5.74) is 4.12. The first-order valence-electron chi connectivity index (χ1n) is 11.5. The van der Waals surface area contributed by atoms with Gasteiger partial charge in [-0.1, -0.05) is 50.6 Å². The molecule has 0 spiro atoms. The highest BCUT2D eigenvalue weighted by Crippen LogP contribution is 2.23. The van der Waals surface area contributed by atoms with Crippen molar-refractivity contribution in [3.05, 3.63) is 71.4 Å². The van der Waals surface area contributed by atoms with Gasteiger partial charge >= 0.3 is 0 Å². The Hall–Kier alpha value is -3.48. The molecule has 1 saturated heterocycles. The van der Waals surface area contributed by atoms with Crippen LogP contribution in [0.15, 0.2) is 54.7 Å². The Labute approximate surface area is 195 Å². The van der Waals surface area contributed by atoms with Gasteiger partial charge in [-0.05, 0) is 55.0 Å². The van der Waals surface area contributed by atoms with Gasteiger partial charge in [-0.15, -0.1) is 5.10 Å². The molecule has 1 atom stereocenters. The van der Waals surface area contributed by atoms with Crippen LogP contribution >= 0.6 is 0 Å². The highest BCUT2D eigenvalue weighted by atomic mass is 16.1. The number of anilines is 3. The fourth-order valence-electron chi connectivity index (χ4n) is 3.94. The number of hydrogen-bond donors (Lipinski definition) is 2. The molecule has 0 unspecified atom stereocenters. The number of hydrogen-bond acceptors (Lipinski definition) is 6. The molecule has 1 amide bonds. The summed E-state index contributed by atoms with van der Waals surface area (Å²) in [6.07, 6.45) is 3.50. The van der Waals surface area contributed by atoms with E-state index in [0.717, 1.165) is 25.1 Å². The lowest BCUT2D eigenvalue weighted by Crippen LogP contribution is -2.48. The molecule has 1 fully saturated rings. The summed E-state index contributed by atoms with van der Waals surface area (Å²) < 4.78 is 0. The Bertz CT molecular complexity index is 1090. The standard InChI is InChI=1S/C26H32N6O/c1-18-7-13-21(14-8-18)28-23-16-27-31-25(30-23)32-15-5-6-22(17-32)29-24(33)19-9-11-20(12-10-19)26(2,3)4/h7-14,16,22H,5-6,15,17H2,1-4H3,(H,29,33)(H,28,30,31)/t22-/m1/s1. The third-order valence-electron chi connectivity index (χ3n) is 5.92. The molecule has 7 nitrogen and oxygen atoms in total. The van der Waals surface area contributed by atoms with Crippen LogP contribution in [0.25, 0.3) is 0 Å². The average Bonchev–Trinajstić information content (AvgIpc) is 2.80. The van der Waals surface area contributed by atoms with Crippen LogP contribution in [0.2, 0.25) is 0 Å². The van der Waals surface area contributed by atoms with Crippen LogP contribution in [-0.4, -0.2) is 40.2 Å². The van der Waals surface area contributed by atoms with Crippen molar-refractivity contribution in [3.63, 3.8) is 0 Å². The number of piperidine rings is 1. The maximum atomic E-state index is 12.8. The molecule has 1 aromatic heterocycles. The quantitative estimate of drug-likeness (QED) is 0.598. The van der Waals surface area contributed by atoms with E-state index in [2.05, 4.69) is 58.4 Å². The fourth-order valence-corrected chi connectivity index (χ4v) is 3.94. The number of aromatic nitrogens is 3. The summed E-state index contributed by atoms with van der Waals surface area (Å²) in [5, 5.41) is 14.8. The zero-order valence-electron chi connectivity index (χ0n) is 19.8. The molecule has 172 valence electrons. The molecule has 7 heteroatoms. The molecule has 0 bridgehead atoms. The minimum atomic E-state index is -0.0452. The van der Waals surface area contributed by atoms with Crippen molar-refractivity contribution in [1.29, 1.82) is 0 Å². The Kier molecular flexibility index (Phi) is 6.58. The number of rotatable bonds is 5. The van der Waals surface area contributed by atoms with Crippen LogP contribution in [0.5, 0.6) is 0 Å². The second-order valence-corrected chi connectivity index (χ2v) is 9.72. The second-order valence-electron chi connectivity index (χ2n) is 9.72. The lowest BCUT2D eigenvalue weighted by atomic mass is 9.86. The van der Waals surface area contributed by atoms with E-state index in [1.165, 1.54) is 11.1 Å². The first-order valence-corrected chi connectivity index (χ1v) is 11.5. The number of nitrogens with one attached hydrogen (secondary N) is 2. The third-order valence-corrected chi connectivity index (χ3v) is 5.92. The van der Waals surface area contributed by atoms with Crippen molar-refractivity contribution in [2.45, 2.75) is 52.0 Å². The molecule has 4 rings (SSSR count). The van der Waals surface area contributed by atoms with Gasteiger partial charge in [0, 0.05) is 30.4 Å². The van der Waals surface area contributed by atoms with Crippen LogP contribution in [0, 0.1) is 6.92 Å². The lowest BCUT2D eigenvalue weighted by molar-refractivity contribution is 0.0933. The zero-order valence-corrected chi connectivity index (χ0v) is 19.8. The van der Waals surface area contributed by atoms with Crippen LogP contribution in [0.1, 0.15) is 55.1 Å². The van der Waals surface area contributed by atoms with Crippen molar-refractivity contribution in [3.8, 4) is 0 Å². The van der Waals surface area contributed by atoms with Gasteiger partial charge in [0.25, 0.3) is 5.91 Å². The maximum Gasteiger partial charge on any atom is 0.251 e. The number of amides is 1. The average molecular weight is 445 g/mol. The smallest absolute Gasteiger partial charge is 0.251 e. The van der Waals surface area contributed by atoms with Crippen LogP contribution in [-0.2, 0) is 5.41 Å². The van der Waals surface area contributed by atoms with Crippen molar-refractivity contribution in [2.24, 2.45) is 0 Å². The van der Waals surface area contributed by atoms with Crippen molar-refractivity contribution < 1.29 is 4.79 Å². The Balaban J connectivity index is 1.39. The van der Waals surface area contributed by atoms with E-state index in [9.17, 15) is 4.79 Å². The topological polar surface area (TPSA) is 83.0 Å². The SMILES string of the molecule is Cc1ccc(Nc2cnnc(N3CCC[C@@H](NC(=O)c4ccc(C(C)(C)C)cc4)C3)n2)cc1. The molecule has 2 N–H and O–H groups in total. The van der Waals surface area contributed by atoms with E-state index in [0.29, 0.717) is 23.9 Å². The highest BCUT2D eigenvalue weighted by molar-refractivity contribution is 5.94. The van der Waals surface area contributed by atoms with Gasteiger partial charge < -0.3 is 15.5 Å². The molecule has 2 aromatic carbocycles. The van der Waals surface area contributed by atoms with Crippen LogP contribution < -0.4 is 15.5 Å². The minimum Gasteiger partial charge on any atom is -0.348 e. The van der Waals surface area contributed by atoms with Crippen molar-refractivity contribution in [1.82, 2.24) is 20.5 Å². The highest BCUT2D eigenvalue weighted by Gasteiger charge is 2.24. The normalized spacial score (nSPS) is 16.4. The van der Waals surface area contributed by atoms with Crippen molar-refractivity contribution in [2.75, 3.05) is 23.3 Å². The number of nitrogens with zero attached hydrogens (tertiary/aromatic N) is 4. The number of aryl methyl sites for hydroxylation is 1. The number of carbonyl (C=O) groups excluding carboxylic acids is 1. The molecule has 1 aliphatic rings. The molecular weight excluding hydrogens is 412 g/mol. The third kappa shape index (κ3) is 5.86. The molecule has 1 aliphatic heterocycles. The summed E-state index contributed by atoms with van der Waals surface area (Å²) in [6.45, 7) is 10.0. The lowest BCUT2D eigenvalue weighted by Gasteiger charge is -2.33. The maximum absolute atomic E-state index is 12.8. The van der Waals surface area contributed by atoms with E-state index in [-0.39, 0.29) is 17.4 Å². The van der Waals surface area contributed by atoms with E-state index < -0.39 is 0 Å². The molecule has 33 heavy (non-hydrogen) atoms. The van der Waals surface area contributed by atoms with Crippen molar-refractivity contribution >= 4 is 23.4 Å². The molecule has 3 aromatic rings. The van der Waals surface area contributed by atoms with Gasteiger partial charge in [0.1, 0.15) is 0 Å². The van der Waals surface area contributed by atoms with Gasteiger partial charge in [-0.3, -0.25) is 4.79 Å². The van der Waals surface area contributed by atoms with E-state index in [4.69, 9.17) is 0 Å². The summed E-state index contributed by atoms with van der Waals surface area (Å²) in [4.78, 5) is 19.5. The summed E-state index contributed by atoms with van der Waals surface area (Å²) in [6, 6.07) is 16.0. The molecule has 2 heterocycles. The largest absolute Gasteiger partial charge is 0.348 e. The number of carbonyl (C=O) groups is 1. The first kappa shape index (κ1) is 22.7. The van der Waals surface area contributed by atoms with Crippen LogP contribution in [0.3, 0.4) is 0 Å². The molecule has 0 saturated carbocycles. The van der Waals surface area contributed by atoms with Crippen LogP contribution in [0.4, 0.5) is 17.5 Å². The first-order chi connectivity index (χ1) is 15.8. The predicted octanol–water partition coefficient (Wildman–Crippen LogP) is 4.62. The molecule has 0 radical (unpaired) electrons. The predicted molar refractivity (Wildman–Crippen MR) is 132 cm³/mol. The van der Waals surface area contributed by atoms with E-state index in [1.807, 2.05) is 48.5 Å². The summed E-state index contributed by atoms with van der Waals surface area (Å²) in [7, 11) is 0. The summed E-state index contributed by atoms with van der Waals surface area (Å²) in [5.74, 6) is 1.17. The monoisotopic (exact) mass is 444 g/mol. The molecular formula is C26H32N6O. The van der Waals surface area contributed by atoms with E-state index >= 15 is 0 Å². The van der Waals surface area contributed by atoms with E-state index in [1.54, 1.807) is 6.20 Å². The Morgan fingerprint density at radius 2 is 1.79 bits per heavy atom.